The van der Waals surface area contributed by atoms with Gasteiger partial charge < -0.3 is 24.7 Å². The number of fused-ring (bicyclic) bond motifs is 5. The Labute approximate surface area is 261 Å². The molecule has 2 N–H and O–H groups in total. The Kier molecular flexibility index (Phi) is 7.31. The minimum Gasteiger partial charge on any atom is -0.497 e. The number of pyridine rings is 2. The molecular formula is C34H31F3N6O3. The maximum absolute atomic E-state index is 14.1. The first-order chi connectivity index (χ1) is 22.2. The van der Waals surface area contributed by atoms with Gasteiger partial charge in [-0.05, 0) is 55.0 Å². The molecule has 9 nitrogen and oxygen atoms in total. The standard InChI is InChI=1S/C34H31F3N6O3/c1-19-28-29-24-10-7-22(42-14-12-38-13-15-42)17-26(24)39-33(44)30(29)31(21-6-11-27(46-3)25(16-21)34(35,36)37)40-32(28)43(41-19)18-20-4-8-23(45-2)9-5-20/h4-11,16-17,38H,12-15,18H2,1-3H3,(H,39,44). The van der Waals surface area contributed by atoms with Crippen LogP contribution in [0.15, 0.2) is 65.5 Å². The van der Waals surface area contributed by atoms with Crippen LogP contribution in [0.3, 0.4) is 0 Å². The molecule has 3 aromatic carbocycles. The number of hydrogen-bond acceptors (Lipinski definition) is 7. The predicted molar refractivity (Wildman–Crippen MR) is 172 cm³/mol. The van der Waals surface area contributed by atoms with Crippen LogP contribution in [0.1, 0.15) is 16.8 Å². The average molecular weight is 629 g/mol. The fourth-order valence-corrected chi connectivity index (χ4v) is 6.33. The molecular weight excluding hydrogens is 597 g/mol. The third-order valence-corrected chi connectivity index (χ3v) is 8.55. The number of alkyl halides is 3. The minimum absolute atomic E-state index is 0.126. The van der Waals surface area contributed by atoms with E-state index in [0.29, 0.717) is 39.9 Å². The smallest absolute Gasteiger partial charge is 0.419 e. The maximum Gasteiger partial charge on any atom is 0.419 e. The van der Waals surface area contributed by atoms with Crippen LogP contribution in [0, 0.1) is 6.92 Å². The molecule has 0 atom stereocenters. The zero-order valence-corrected chi connectivity index (χ0v) is 25.5. The van der Waals surface area contributed by atoms with Crippen LogP contribution in [0.25, 0.3) is 44.0 Å². The van der Waals surface area contributed by atoms with E-state index in [-0.39, 0.29) is 22.4 Å². The van der Waals surface area contributed by atoms with Crippen molar-refractivity contribution in [2.75, 3.05) is 45.3 Å². The quantitative estimate of drug-likeness (QED) is 0.222. The number of piperazine rings is 1. The lowest BCUT2D eigenvalue weighted by atomic mass is 9.97. The molecule has 12 heteroatoms. The molecule has 0 radical (unpaired) electrons. The van der Waals surface area contributed by atoms with E-state index in [0.717, 1.165) is 48.9 Å². The van der Waals surface area contributed by atoms with E-state index in [1.54, 1.807) is 11.8 Å². The summed E-state index contributed by atoms with van der Waals surface area (Å²) in [5.41, 5.74) is 2.49. The summed E-state index contributed by atoms with van der Waals surface area (Å²) in [6.07, 6.45) is -4.69. The highest BCUT2D eigenvalue weighted by Gasteiger charge is 2.35. The van der Waals surface area contributed by atoms with Crippen LogP contribution in [0.4, 0.5) is 18.9 Å². The Bertz CT molecular complexity index is 2170. The molecule has 4 heterocycles. The Morgan fingerprint density at radius 3 is 2.37 bits per heavy atom. The molecule has 1 fully saturated rings. The second-order valence-corrected chi connectivity index (χ2v) is 11.3. The van der Waals surface area contributed by atoms with Crippen molar-refractivity contribution in [3.8, 4) is 22.8 Å². The van der Waals surface area contributed by atoms with Crippen molar-refractivity contribution in [3.05, 3.63) is 87.8 Å². The van der Waals surface area contributed by atoms with Crippen LogP contribution < -0.4 is 25.2 Å². The van der Waals surface area contributed by atoms with E-state index in [2.05, 4.69) is 15.2 Å². The number of nitrogens with zero attached hydrogens (tertiary/aromatic N) is 4. The number of benzene rings is 3. The van der Waals surface area contributed by atoms with Gasteiger partial charge in [-0.25, -0.2) is 9.67 Å². The van der Waals surface area contributed by atoms with Gasteiger partial charge in [0.25, 0.3) is 5.56 Å². The summed E-state index contributed by atoms with van der Waals surface area (Å²) in [7, 11) is 2.79. The Hall–Kier alpha value is -5.10. The van der Waals surface area contributed by atoms with Crippen molar-refractivity contribution in [3.63, 3.8) is 0 Å². The molecule has 46 heavy (non-hydrogen) atoms. The number of H-pyrrole nitrogens is 1. The van der Waals surface area contributed by atoms with Gasteiger partial charge in [0.2, 0.25) is 0 Å². The maximum atomic E-state index is 14.1. The van der Waals surface area contributed by atoms with Crippen molar-refractivity contribution in [2.24, 2.45) is 0 Å². The normalized spacial score (nSPS) is 14.0. The lowest BCUT2D eigenvalue weighted by molar-refractivity contribution is -0.138. The van der Waals surface area contributed by atoms with Gasteiger partial charge >= 0.3 is 6.18 Å². The van der Waals surface area contributed by atoms with Gasteiger partial charge in [0.1, 0.15) is 11.5 Å². The molecule has 3 aromatic heterocycles. The average Bonchev–Trinajstić information content (AvgIpc) is 3.38. The lowest BCUT2D eigenvalue weighted by Crippen LogP contribution is -2.43. The largest absolute Gasteiger partial charge is 0.497 e. The molecule has 6 aromatic rings. The van der Waals surface area contributed by atoms with Crippen molar-refractivity contribution in [1.29, 1.82) is 0 Å². The molecule has 1 aliphatic rings. The highest BCUT2D eigenvalue weighted by molar-refractivity contribution is 6.21. The number of rotatable bonds is 6. The van der Waals surface area contributed by atoms with Gasteiger partial charge in [0, 0.05) is 48.2 Å². The summed E-state index contributed by atoms with van der Waals surface area (Å²) in [6, 6.07) is 17.2. The van der Waals surface area contributed by atoms with Crippen molar-refractivity contribution >= 4 is 38.4 Å². The summed E-state index contributed by atoms with van der Waals surface area (Å²) >= 11 is 0. The third kappa shape index (κ3) is 5.08. The molecule has 0 bridgehead atoms. The number of halogens is 3. The first kappa shape index (κ1) is 29.6. The topological polar surface area (TPSA) is 97.3 Å². The van der Waals surface area contributed by atoms with Gasteiger partial charge in [-0.15, -0.1) is 0 Å². The number of aromatic amines is 1. The van der Waals surface area contributed by atoms with Crippen molar-refractivity contribution in [1.82, 2.24) is 25.1 Å². The lowest BCUT2D eigenvalue weighted by Gasteiger charge is -2.29. The summed E-state index contributed by atoms with van der Waals surface area (Å²) in [5, 5.41) is 10.4. The minimum atomic E-state index is -4.69. The number of nitrogens with one attached hydrogen (secondary N) is 2. The Morgan fingerprint density at radius 1 is 0.913 bits per heavy atom. The monoisotopic (exact) mass is 628 g/mol. The SMILES string of the molecule is COc1ccc(Cn2nc(C)c3c4c(c(-c5ccc(OC)c(C(F)(F)F)c5)nc32)c(=O)[nH]c2cc(N3CCNCC3)ccc24)cc1. The van der Waals surface area contributed by atoms with Crippen LogP contribution in [-0.4, -0.2) is 60.1 Å². The number of anilines is 1. The van der Waals surface area contributed by atoms with E-state index < -0.39 is 17.3 Å². The predicted octanol–water partition coefficient (Wildman–Crippen LogP) is 5.90. The highest BCUT2D eigenvalue weighted by Crippen LogP contribution is 2.41. The molecule has 1 aliphatic heterocycles. The van der Waals surface area contributed by atoms with Crippen molar-refractivity contribution in [2.45, 2.75) is 19.6 Å². The molecule has 0 aliphatic carbocycles. The number of ether oxygens (including phenoxy) is 2. The highest BCUT2D eigenvalue weighted by atomic mass is 19.4. The van der Waals surface area contributed by atoms with Crippen LogP contribution in [0.5, 0.6) is 11.5 Å². The molecule has 0 saturated carbocycles. The van der Waals surface area contributed by atoms with E-state index in [1.807, 2.05) is 49.4 Å². The van der Waals surface area contributed by atoms with Crippen LogP contribution in [0.2, 0.25) is 0 Å². The molecule has 0 amide bonds. The zero-order valence-electron chi connectivity index (χ0n) is 25.5. The summed E-state index contributed by atoms with van der Waals surface area (Å²) in [4.78, 5) is 24.1. The van der Waals surface area contributed by atoms with Gasteiger partial charge in [-0.1, -0.05) is 18.2 Å². The van der Waals surface area contributed by atoms with E-state index in [1.165, 1.54) is 19.2 Å². The van der Waals surface area contributed by atoms with E-state index in [9.17, 15) is 18.0 Å². The third-order valence-electron chi connectivity index (χ3n) is 8.55. The second kappa shape index (κ2) is 11.4. The molecule has 1 saturated heterocycles. The van der Waals surface area contributed by atoms with E-state index >= 15 is 0 Å². The number of hydrogen-bond donors (Lipinski definition) is 2. The zero-order chi connectivity index (χ0) is 32.2. The molecule has 0 unspecified atom stereocenters. The Balaban J connectivity index is 1.53. The first-order valence-electron chi connectivity index (χ1n) is 14.9. The summed E-state index contributed by atoms with van der Waals surface area (Å²) in [6.45, 7) is 5.57. The molecule has 236 valence electrons. The Morgan fingerprint density at radius 2 is 1.67 bits per heavy atom. The molecule has 7 rings (SSSR count). The van der Waals surface area contributed by atoms with Crippen LogP contribution in [-0.2, 0) is 12.7 Å². The van der Waals surface area contributed by atoms with Crippen molar-refractivity contribution < 1.29 is 22.6 Å². The van der Waals surface area contributed by atoms with Gasteiger partial charge in [-0.3, -0.25) is 4.79 Å². The summed E-state index contributed by atoms with van der Waals surface area (Å²) in [5.74, 6) is 0.393. The van der Waals surface area contributed by atoms with Gasteiger partial charge in [-0.2, -0.15) is 18.3 Å². The second-order valence-electron chi connectivity index (χ2n) is 11.3. The number of aryl methyl sites for hydroxylation is 1. The molecule has 0 spiro atoms. The van der Waals surface area contributed by atoms with Gasteiger partial charge in [0.05, 0.1) is 54.0 Å². The van der Waals surface area contributed by atoms with Gasteiger partial charge in [0.15, 0.2) is 5.65 Å². The number of methoxy groups -OCH3 is 2. The first-order valence-corrected chi connectivity index (χ1v) is 14.9. The van der Waals surface area contributed by atoms with E-state index in [4.69, 9.17) is 19.6 Å². The fraction of sp³-hybridized carbons (Fsp3) is 0.265. The number of aromatic nitrogens is 4. The fourth-order valence-electron chi connectivity index (χ4n) is 6.33. The summed E-state index contributed by atoms with van der Waals surface area (Å²) < 4.78 is 54.5. The van der Waals surface area contributed by atoms with Crippen LogP contribution >= 0.6 is 0 Å².